The SMILES string of the molecule is COc1cc(CC(=O)COc2ccc3c(=O)c(-c4ccc(F)cc4)c(C)oc3c2)cc(OC)c1. The van der Waals surface area contributed by atoms with Crippen molar-refractivity contribution in [1.29, 1.82) is 0 Å². The van der Waals surface area contributed by atoms with Gasteiger partial charge in [-0.3, -0.25) is 9.59 Å². The van der Waals surface area contributed by atoms with Gasteiger partial charge in [0.15, 0.2) is 5.78 Å². The zero-order chi connectivity index (χ0) is 24.2. The molecule has 4 aromatic rings. The molecule has 0 unspecified atom stereocenters. The molecule has 7 heteroatoms. The number of methoxy groups -OCH3 is 2. The third kappa shape index (κ3) is 4.93. The number of fused-ring (bicyclic) bond motifs is 1. The molecule has 174 valence electrons. The minimum absolute atomic E-state index is 0.139. The Morgan fingerprint density at radius 3 is 2.24 bits per heavy atom. The van der Waals surface area contributed by atoms with Crippen molar-refractivity contribution in [1.82, 2.24) is 0 Å². The molecule has 0 N–H and O–H groups in total. The molecule has 4 rings (SSSR count). The number of ether oxygens (including phenoxy) is 3. The summed E-state index contributed by atoms with van der Waals surface area (Å²) < 4.78 is 35.3. The van der Waals surface area contributed by atoms with Crippen LogP contribution < -0.4 is 19.6 Å². The highest BCUT2D eigenvalue weighted by Crippen LogP contribution is 2.27. The minimum Gasteiger partial charge on any atom is -0.497 e. The summed E-state index contributed by atoms with van der Waals surface area (Å²) in [5.74, 6) is 1.49. The number of carbonyl (C=O) groups excluding carboxylic acids is 1. The molecule has 0 bridgehead atoms. The van der Waals surface area contributed by atoms with Gasteiger partial charge in [0.25, 0.3) is 0 Å². The van der Waals surface area contributed by atoms with E-state index < -0.39 is 0 Å². The van der Waals surface area contributed by atoms with Crippen LogP contribution in [0, 0.1) is 12.7 Å². The summed E-state index contributed by atoms with van der Waals surface area (Å²) in [6.07, 6.45) is 0.149. The third-order valence-corrected chi connectivity index (χ3v) is 5.39. The van der Waals surface area contributed by atoms with E-state index in [1.165, 1.54) is 12.1 Å². The van der Waals surface area contributed by atoms with Gasteiger partial charge in [0.05, 0.1) is 25.2 Å². The second kappa shape index (κ2) is 9.79. The number of hydrogen-bond donors (Lipinski definition) is 0. The molecule has 0 atom stereocenters. The smallest absolute Gasteiger partial charge is 0.200 e. The highest BCUT2D eigenvalue weighted by atomic mass is 19.1. The summed E-state index contributed by atoms with van der Waals surface area (Å²) in [4.78, 5) is 25.5. The normalized spacial score (nSPS) is 10.8. The average molecular weight is 462 g/mol. The number of rotatable bonds is 8. The van der Waals surface area contributed by atoms with Crippen molar-refractivity contribution in [3.63, 3.8) is 0 Å². The van der Waals surface area contributed by atoms with Crippen molar-refractivity contribution in [3.05, 3.63) is 88.0 Å². The molecule has 6 nitrogen and oxygen atoms in total. The number of hydrogen-bond acceptors (Lipinski definition) is 6. The summed E-state index contributed by atoms with van der Waals surface area (Å²) in [5.41, 5.74) is 1.83. The fraction of sp³-hybridized carbons (Fsp3) is 0.185. The molecule has 0 aliphatic heterocycles. The molecule has 0 radical (unpaired) electrons. The van der Waals surface area contributed by atoms with E-state index >= 15 is 0 Å². The summed E-state index contributed by atoms with van der Waals surface area (Å²) in [6.45, 7) is 1.53. The molecule has 0 spiro atoms. The highest BCUT2D eigenvalue weighted by Gasteiger charge is 2.15. The van der Waals surface area contributed by atoms with Gasteiger partial charge in [0.2, 0.25) is 5.43 Å². The van der Waals surface area contributed by atoms with Crippen LogP contribution in [-0.4, -0.2) is 26.6 Å². The molecule has 0 amide bonds. The van der Waals surface area contributed by atoms with E-state index in [9.17, 15) is 14.0 Å². The van der Waals surface area contributed by atoms with E-state index in [4.69, 9.17) is 18.6 Å². The largest absolute Gasteiger partial charge is 0.497 e. The van der Waals surface area contributed by atoms with E-state index in [1.807, 2.05) is 0 Å². The molecular formula is C27H23FO6. The quantitative estimate of drug-likeness (QED) is 0.362. The first-order valence-corrected chi connectivity index (χ1v) is 10.6. The molecule has 34 heavy (non-hydrogen) atoms. The molecule has 0 aliphatic carbocycles. The maximum Gasteiger partial charge on any atom is 0.200 e. The van der Waals surface area contributed by atoms with Crippen molar-refractivity contribution >= 4 is 16.8 Å². The molecule has 3 aromatic carbocycles. The highest BCUT2D eigenvalue weighted by molar-refractivity contribution is 5.85. The monoisotopic (exact) mass is 462 g/mol. The summed E-state index contributed by atoms with van der Waals surface area (Å²) in [6, 6.07) is 15.8. The Morgan fingerprint density at radius 1 is 0.912 bits per heavy atom. The van der Waals surface area contributed by atoms with E-state index in [0.29, 0.717) is 45.1 Å². The lowest BCUT2D eigenvalue weighted by Gasteiger charge is -2.10. The van der Waals surface area contributed by atoms with Gasteiger partial charge in [0, 0.05) is 18.6 Å². The lowest BCUT2D eigenvalue weighted by atomic mass is 10.0. The van der Waals surface area contributed by atoms with Crippen LogP contribution in [0.3, 0.4) is 0 Å². The fourth-order valence-electron chi connectivity index (χ4n) is 3.74. The van der Waals surface area contributed by atoms with Crippen LogP contribution in [0.5, 0.6) is 17.2 Å². The Bertz CT molecular complexity index is 1380. The van der Waals surface area contributed by atoms with Gasteiger partial charge in [-0.25, -0.2) is 4.39 Å². The van der Waals surface area contributed by atoms with Gasteiger partial charge in [-0.05, 0) is 54.4 Å². The van der Waals surface area contributed by atoms with Crippen LogP contribution in [0.4, 0.5) is 4.39 Å². The minimum atomic E-state index is -0.381. The fourth-order valence-corrected chi connectivity index (χ4v) is 3.74. The zero-order valence-electron chi connectivity index (χ0n) is 19.0. The predicted molar refractivity (Wildman–Crippen MR) is 126 cm³/mol. The van der Waals surface area contributed by atoms with Gasteiger partial charge < -0.3 is 18.6 Å². The molecule has 0 saturated carbocycles. The second-order valence-electron chi connectivity index (χ2n) is 7.75. The predicted octanol–water partition coefficient (Wildman–Crippen LogP) is 5.12. The standard InChI is InChI=1S/C27H23FO6/c1-16-26(18-4-6-19(28)7-5-18)27(30)24-9-8-21(14-25(24)34-16)33-15-20(29)10-17-11-22(31-2)13-23(12-17)32-3/h4-9,11-14H,10,15H2,1-3H3. The van der Waals surface area contributed by atoms with Crippen LogP contribution in [0.25, 0.3) is 22.1 Å². The van der Waals surface area contributed by atoms with Gasteiger partial charge in [0.1, 0.15) is 41.0 Å². The molecule has 0 fully saturated rings. The van der Waals surface area contributed by atoms with Crippen molar-refractivity contribution in [2.75, 3.05) is 20.8 Å². The van der Waals surface area contributed by atoms with Crippen LogP contribution in [0.15, 0.2) is 69.9 Å². The number of Topliss-reactive ketones (excluding diaryl/α,β-unsaturated/α-hetero) is 1. The third-order valence-electron chi connectivity index (χ3n) is 5.39. The molecule has 1 heterocycles. The van der Waals surface area contributed by atoms with Crippen LogP contribution >= 0.6 is 0 Å². The van der Waals surface area contributed by atoms with Crippen LogP contribution in [-0.2, 0) is 11.2 Å². The number of benzene rings is 3. The molecule has 1 aromatic heterocycles. The van der Waals surface area contributed by atoms with E-state index in [-0.39, 0.29) is 30.1 Å². The maximum atomic E-state index is 13.3. The molecular weight excluding hydrogens is 439 g/mol. The first-order chi connectivity index (χ1) is 16.4. The number of ketones is 1. The van der Waals surface area contributed by atoms with Crippen LogP contribution in [0.1, 0.15) is 11.3 Å². The van der Waals surface area contributed by atoms with Gasteiger partial charge >= 0.3 is 0 Å². The topological polar surface area (TPSA) is 75.0 Å². The zero-order valence-corrected chi connectivity index (χ0v) is 19.0. The first-order valence-electron chi connectivity index (χ1n) is 10.6. The summed E-state index contributed by atoms with van der Waals surface area (Å²) in [7, 11) is 3.10. The first kappa shape index (κ1) is 23.0. The van der Waals surface area contributed by atoms with E-state index in [1.54, 1.807) is 69.7 Å². The lowest BCUT2D eigenvalue weighted by Crippen LogP contribution is -2.14. The van der Waals surface area contributed by atoms with Crippen molar-refractivity contribution in [3.8, 4) is 28.4 Å². The Hall–Kier alpha value is -4.13. The van der Waals surface area contributed by atoms with Gasteiger partial charge in [-0.1, -0.05) is 12.1 Å². The average Bonchev–Trinajstić information content (AvgIpc) is 2.83. The lowest BCUT2D eigenvalue weighted by molar-refractivity contribution is -0.120. The number of carbonyl (C=O) groups is 1. The maximum absolute atomic E-state index is 13.3. The number of halogens is 1. The van der Waals surface area contributed by atoms with Crippen molar-refractivity contribution in [2.45, 2.75) is 13.3 Å². The van der Waals surface area contributed by atoms with Gasteiger partial charge in [-0.15, -0.1) is 0 Å². The van der Waals surface area contributed by atoms with E-state index in [0.717, 1.165) is 5.56 Å². The molecule has 0 saturated heterocycles. The Morgan fingerprint density at radius 2 is 1.59 bits per heavy atom. The Kier molecular flexibility index (Phi) is 6.63. The Labute approximate surface area is 195 Å². The summed E-state index contributed by atoms with van der Waals surface area (Å²) >= 11 is 0. The van der Waals surface area contributed by atoms with Crippen LogP contribution in [0.2, 0.25) is 0 Å². The van der Waals surface area contributed by atoms with Gasteiger partial charge in [-0.2, -0.15) is 0 Å². The van der Waals surface area contributed by atoms with Crippen molar-refractivity contribution in [2.24, 2.45) is 0 Å². The van der Waals surface area contributed by atoms with Crippen molar-refractivity contribution < 1.29 is 27.8 Å². The number of aryl methyl sites for hydroxylation is 1. The van der Waals surface area contributed by atoms with E-state index in [2.05, 4.69) is 0 Å². The molecule has 0 aliphatic rings. The second-order valence-corrected chi connectivity index (χ2v) is 7.75. The summed E-state index contributed by atoms with van der Waals surface area (Å²) in [5, 5.41) is 0.368. The Balaban J connectivity index is 1.51.